The van der Waals surface area contributed by atoms with Crippen molar-refractivity contribution in [1.82, 2.24) is 0 Å². The predicted octanol–water partition coefficient (Wildman–Crippen LogP) is 9.44. The molecule has 0 saturated heterocycles. The van der Waals surface area contributed by atoms with Crippen LogP contribution in [-0.4, -0.2) is 0 Å². The van der Waals surface area contributed by atoms with Crippen molar-refractivity contribution in [3.05, 3.63) is 139 Å². The summed E-state index contributed by atoms with van der Waals surface area (Å²) in [6, 6.07) is 47.9. The Morgan fingerprint density at radius 2 is 0.971 bits per heavy atom. The molecule has 1 heteroatoms. The summed E-state index contributed by atoms with van der Waals surface area (Å²) in [6.45, 7) is 2.12. The molecule has 0 aromatic heterocycles. The first-order valence-electron chi connectivity index (χ1n) is 11.7. The molecule has 6 aromatic carbocycles. The molecule has 0 bridgehead atoms. The van der Waals surface area contributed by atoms with Gasteiger partial charge in [0, 0.05) is 16.8 Å². The third kappa shape index (κ3) is 3.62. The molecule has 0 unspecified atom stereocenters. The highest BCUT2D eigenvalue weighted by Gasteiger charge is 2.17. The molecule has 0 radical (unpaired) electrons. The zero-order valence-electron chi connectivity index (χ0n) is 19.1. The molecule has 0 fully saturated rings. The summed E-state index contributed by atoms with van der Waals surface area (Å²) in [4.78, 5) is 2.37. The summed E-state index contributed by atoms with van der Waals surface area (Å²) in [6.07, 6.45) is 0. The van der Waals surface area contributed by atoms with Gasteiger partial charge in [-0.05, 0) is 64.5 Å². The minimum Gasteiger partial charge on any atom is -0.310 e. The third-order valence-electron chi connectivity index (χ3n) is 6.51. The first-order chi connectivity index (χ1) is 16.8. The van der Waals surface area contributed by atoms with Crippen LogP contribution >= 0.6 is 0 Å². The van der Waals surface area contributed by atoms with E-state index in [1.54, 1.807) is 0 Å². The third-order valence-corrected chi connectivity index (χ3v) is 6.51. The summed E-state index contributed by atoms with van der Waals surface area (Å²) >= 11 is 0. The van der Waals surface area contributed by atoms with E-state index < -0.39 is 0 Å². The smallest absolute Gasteiger partial charge is 0.0546 e. The molecular weight excluding hydrogens is 410 g/mol. The summed E-state index contributed by atoms with van der Waals surface area (Å²) in [5.41, 5.74) is 7.20. The van der Waals surface area contributed by atoms with E-state index in [-0.39, 0.29) is 0 Å². The number of benzene rings is 6. The van der Waals surface area contributed by atoms with E-state index >= 15 is 0 Å². The summed E-state index contributed by atoms with van der Waals surface area (Å²) in [7, 11) is 0. The van der Waals surface area contributed by atoms with Crippen molar-refractivity contribution in [3.63, 3.8) is 0 Å². The maximum atomic E-state index is 2.37. The average Bonchev–Trinajstić information content (AvgIpc) is 2.90. The van der Waals surface area contributed by atoms with E-state index in [4.69, 9.17) is 0 Å². The molecule has 0 heterocycles. The van der Waals surface area contributed by atoms with Gasteiger partial charge < -0.3 is 4.90 Å². The van der Waals surface area contributed by atoms with Gasteiger partial charge in [0.2, 0.25) is 0 Å². The number of rotatable bonds is 4. The zero-order chi connectivity index (χ0) is 22.9. The molecule has 0 N–H and O–H groups in total. The van der Waals surface area contributed by atoms with Crippen LogP contribution in [0.1, 0.15) is 5.56 Å². The van der Waals surface area contributed by atoms with Crippen molar-refractivity contribution < 1.29 is 0 Å². The molecule has 0 aliphatic carbocycles. The lowest BCUT2D eigenvalue weighted by atomic mass is 9.98. The summed E-state index contributed by atoms with van der Waals surface area (Å²) in [5.74, 6) is 0. The Labute approximate surface area is 200 Å². The Morgan fingerprint density at radius 1 is 0.441 bits per heavy atom. The monoisotopic (exact) mass is 435 g/mol. The van der Waals surface area contributed by atoms with Crippen LogP contribution in [0.4, 0.5) is 17.1 Å². The fourth-order valence-electron chi connectivity index (χ4n) is 4.77. The minimum atomic E-state index is 1.14. The zero-order valence-corrected chi connectivity index (χ0v) is 19.1. The molecule has 0 amide bonds. The van der Waals surface area contributed by atoms with Gasteiger partial charge in [-0.1, -0.05) is 109 Å². The number of aryl methyl sites for hydroxylation is 1. The van der Waals surface area contributed by atoms with Gasteiger partial charge in [-0.3, -0.25) is 0 Å². The van der Waals surface area contributed by atoms with E-state index in [1.165, 1.54) is 43.9 Å². The van der Waals surface area contributed by atoms with Gasteiger partial charge in [-0.2, -0.15) is 0 Å². The van der Waals surface area contributed by atoms with E-state index in [9.17, 15) is 0 Å². The molecule has 0 saturated carbocycles. The number of nitrogens with zero attached hydrogens (tertiary/aromatic N) is 1. The number of hydrogen-bond donors (Lipinski definition) is 0. The molecule has 0 atom stereocenters. The number of anilines is 3. The molecule has 34 heavy (non-hydrogen) atoms. The van der Waals surface area contributed by atoms with Crippen molar-refractivity contribution in [1.29, 1.82) is 0 Å². The molecule has 0 aliphatic rings. The van der Waals surface area contributed by atoms with E-state index in [1.807, 2.05) is 0 Å². The van der Waals surface area contributed by atoms with Crippen LogP contribution < -0.4 is 4.90 Å². The molecule has 0 aliphatic heterocycles. The second-order valence-corrected chi connectivity index (χ2v) is 8.75. The highest BCUT2D eigenvalue weighted by molar-refractivity contribution is 6.14. The van der Waals surface area contributed by atoms with Gasteiger partial charge in [-0.15, -0.1) is 0 Å². The second kappa shape index (κ2) is 8.53. The average molecular weight is 436 g/mol. The maximum Gasteiger partial charge on any atom is 0.0546 e. The van der Waals surface area contributed by atoms with Crippen molar-refractivity contribution >= 4 is 38.6 Å². The fraction of sp³-hybridized carbons (Fsp3) is 0.0303. The fourth-order valence-corrected chi connectivity index (χ4v) is 4.77. The number of fused-ring (bicyclic) bond motifs is 3. The molecule has 0 spiro atoms. The van der Waals surface area contributed by atoms with Crippen LogP contribution in [0, 0.1) is 6.92 Å². The van der Waals surface area contributed by atoms with Crippen LogP contribution in [0.15, 0.2) is 133 Å². The van der Waals surface area contributed by atoms with Crippen LogP contribution in [0.2, 0.25) is 0 Å². The molecule has 1 nitrogen and oxygen atoms in total. The predicted molar refractivity (Wildman–Crippen MR) is 146 cm³/mol. The van der Waals surface area contributed by atoms with E-state index in [0.29, 0.717) is 0 Å². The minimum absolute atomic E-state index is 1.14. The number of hydrogen-bond acceptors (Lipinski definition) is 1. The number of para-hydroxylation sites is 1. The highest BCUT2D eigenvalue weighted by Crippen LogP contribution is 2.42. The van der Waals surface area contributed by atoms with Gasteiger partial charge in [0.15, 0.2) is 0 Å². The Balaban J connectivity index is 1.56. The Hall–Kier alpha value is -4.36. The van der Waals surface area contributed by atoms with Crippen LogP contribution in [0.5, 0.6) is 0 Å². The Morgan fingerprint density at radius 3 is 1.68 bits per heavy atom. The van der Waals surface area contributed by atoms with Crippen LogP contribution in [0.3, 0.4) is 0 Å². The van der Waals surface area contributed by atoms with Crippen LogP contribution in [-0.2, 0) is 0 Å². The summed E-state index contributed by atoms with van der Waals surface area (Å²) < 4.78 is 0. The van der Waals surface area contributed by atoms with Gasteiger partial charge in [0.05, 0.1) is 5.69 Å². The quantitative estimate of drug-likeness (QED) is 0.249. The Bertz CT molecular complexity index is 1580. The largest absolute Gasteiger partial charge is 0.310 e. The normalized spacial score (nSPS) is 11.1. The molecule has 6 aromatic rings. The second-order valence-electron chi connectivity index (χ2n) is 8.75. The first-order valence-corrected chi connectivity index (χ1v) is 11.7. The van der Waals surface area contributed by atoms with Gasteiger partial charge >= 0.3 is 0 Å². The summed E-state index contributed by atoms with van der Waals surface area (Å²) in [5, 5.41) is 5.04. The lowest BCUT2D eigenvalue weighted by molar-refractivity contribution is 1.30. The standard InChI is InChI=1S/C33H25N/c1-24-15-17-25(18-16-24)26-19-21-29(22-20-26)34(28-10-3-2-4-11-28)33-23-27-9-5-6-12-30(27)31-13-7-8-14-32(31)33/h2-23H,1H3. The molecule has 162 valence electrons. The van der Waals surface area contributed by atoms with Crippen molar-refractivity contribution in [2.24, 2.45) is 0 Å². The van der Waals surface area contributed by atoms with Gasteiger partial charge in [0.25, 0.3) is 0 Å². The Kier molecular flexibility index (Phi) is 5.08. The first kappa shape index (κ1) is 20.3. The van der Waals surface area contributed by atoms with E-state index in [2.05, 4.69) is 145 Å². The molecule has 6 rings (SSSR count). The van der Waals surface area contributed by atoms with Crippen LogP contribution in [0.25, 0.3) is 32.7 Å². The maximum absolute atomic E-state index is 2.37. The van der Waals surface area contributed by atoms with Crippen molar-refractivity contribution in [2.75, 3.05) is 4.90 Å². The SMILES string of the molecule is Cc1ccc(-c2ccc(N(c3ccccc3)c3cc4ccccc4c4ccccc34)cc2)cc1. The molecular formula is C33H25N. The lowest BCUT2D eigenvalue weighted by Crippen LogP contribution is -2.10. The van der Waals surface area contributed by atoms with Gasteiger partial charge in [0.1, 0.15) is 0 Å². The topological polar surface area (TPSA) is 3.24 Å². The van der Waals surface area contributed by atoms with Crippen molar-refractivity contribution in [3.8, 4) is 11.1 Å². The van der Waals surface area contributed by atoms with Crippen molar-refractivity contribution in [2.45, 2.75) is 6.92 Å². The van der Waals surface area contributed by atoms with E-state index in [0.717, 1.165) is 11.4 Å². The highest BCUT2D eigenvalue weighted by atomic mass is 15.1. The lowest BCUT2D eigenvalue weighted by Gasteiger charge is -2.27. The van der Waals surface area contributed by atoms with Gasteiger partial charge in [-0.25, -0.2) is 0 Å².